The zero-order chi connectivity index (χ0) is 17.7. The first-order valence-corrected chi connectivity index (χ1v) is 9.74. The maximum Gasteiger partial charge on any atom is 0.279 e. The first-order chi connectivity index (χ1) is 12.1. The van der Waals surface area contributed by atoms with E-state index in [1.54, 1.807) is 24.4 Å². The topological polar surface area (TPSA) is 79.4 Å². The number of nitrogens with one attached hydrogen (secondary N) is 1. The average Bonchev–Trinajstić information content (AvgIpc) is 2.67. The van der Waals surface area contributed by atoms with E-state index in [0.29, 0.717) is 25.1 Å². The van der Waals surface area contributed by atoms with Crippen molar-refractivity contribution in [3.8, 4) is 0 Å². The van der Waals surface area contributed by atoms with Crippen molar-refractivity contribution < 1.29 is 13.2 Å². The molecule has 0 aliphatic carbocycles. The number of rotatable bonds is 6. The van der Waals surface area contributed by atoms with Crippen molar-refractivity contribution in [3.63, 3.8) is 0 Å². The lowest BCUT2D eigenvalue weighted by Crippen LogP contribution is -2.47. The smallest absolute Gasteiger partial charge is 0.279 e. The molecule has 0 bridgehead atoms. The van der Waals surface area contributed by atoms with E-state index in [0.717, 1.165) is 5.56 Å². The van der Waals surface area contributed by atoms with Gasteiger partial charge in [0.2, 0.25) is 0 Å². The quantitative estimate of drug-likeness (QED) is 0.800. The highest BCUT2D eigenvalue weighted by molar-refractivity contribution is 7.87. The molecule has 0 spiro atoms. The van der Waals surface area contributed by atoms with E-state index in [1.807, 2.05) is 30.3 Å². The Balaban J connectivity index is 1.65. The van der Waals surface area contributed by atoms with Gasteiger partial charge in [0.25, 0.3) is 10.2 Å². The molecule has 132 valence electrons. The van der Waals surface area contributed by atoms with Crippen molar-refractivity contribution in [2.24, 2.45) is 5.92 Å². The number of aromatic nitrogens is 1. The lowest BCUT2D eigenvalue weighted by Gasteiger charge is -2.31. The molecule has 1 aliphatic rings. The summed E-state index contributed by atoms with van der Waals surface area (Å²) in [5, 5.41) is 0. The standard InChI is InChI=1S/C18H21N3O3S/c22-18(17-10-4-5-11-19-17)16-9-6-12-21(14-16)25(23,24)20-13-15-7-2-1-3-8-15/h1-5,7-8,10-11,16,20H,6,9,12-14H2/t16-/m0/s1. The van der Waals surface area contributed by atoms with Crippen LogP contribution < -0.4 is 4.72 Å². The molecule has 3 rings (SSSR count). The van der Waals surface area contributed by atoms with Crippen molar-refractivity contribution in [1.82, 2.24) is 14.0 Å². The number of piperidine rings is 1. The summed E-state index contributed by atoms with van der Waals surface area (Å²) in [5.74, 6) is -0.444. The van der Waals surface area contributed by atoms with Gasteiger partial charge in [-0.1, -0.05) is 36.4 Å². The van der Waals surface area contributed by atoms with Gasteiger partial charge in [0.05, 0.1) is 0 Å². The van der Waals surface area contributed by atoms with Crippen molar-refractivity contribution in [1.29, 1.82) is 0 Å². The molecule has 2 heterocycles. The molecule has 2 aromatic rings. The van der Waals surface area contributed by atoms with E-state index >= 15 is 0 Å². The minimum atomic E-state index is -3.62. The third-order valence-electron chi connectivity index (χ3n) is 4.31. The van der Waals surface area contributed by atoms with Gasteiger partial charge in [-0.25, -0.2) is 0 Å². The normalized spacial score (nSPS) is 18.8. The van der Waals surface area contributed by atoms with Crippen molar-refractivity contribution in [2.75, 3.05) is 13.1 Å². The van der Waals surface area contributed by atoms with Gasteiger partial charge in [0.1, 0.15) is 5.69 Å². The molecule has 25 heavy (non-hydrogen) atoms. The van der Waals surface area contributed by atoms with Crippen LogP contribution in [0, 0.1) is 5.92 Å². The molecule has 1 fully saturated rings. The highest BCUT2D eigenvalue weighted by atomic mass is 32.2. The fourth-order valence-corrected chi connectivity index (χ4v) is 4.23. The lowest BCUT2D eigenvalue weighted by molar-refractivity contribution is 0.0866. The van der Waals surface area contributed by atoms with E-state index in [1.165, 1.54) is 4.31 Å². The Kier molecular flexibility index (Phi) is 5.57. The van der Waals surface area contributed by atoms with Crippen LogP contribution in [0.5, 0.6) is 0 Å². The molecule has 1 atom stereocenters. The molecular formula is C18H21N3O3S. The SMILES string of the molecule is O=C(c1ccccn1)[C@H]1CCCN(S(=O)(=O)NCc2ccccc2)C1. The maximum atomic E-state index is 12.6. The second kappa shape index (κ2) is 7.86. The number of benzene rings is 1. The van der Waals surface area contributed by atoms with Gasteiger partial charge < -0.3 is 0 Å². The molecule has 6 nitrogen and oxygen atoms in total. The second-order valence-electron chi connectivity index (χ2n) is 6.09. The van der Waals surface area contributed by atoms with Crippen molar-refractivity contribution in [3.05, 3.63) is 66.0 Å². The van der Waals surface area contributed by atoms with Gasteiger partial charge in [0.15, 0.2) is 5.78 Å². The predicted octanol–water partition coefficient (Wildman–Crippen LogP) is 2.01. The number of Topliss-reactive ketones (excluding diaryl/α,β-unsaturated/α-hetero) is 1. The van der Waals surface area contributed by atoms with Crippen LogP contribution in [0.15, 0.2) is 54.7 Å². The minimum absolute atomic E-state index is 0.0939. The number of pyridine rings is 1. The predicted molar refractivity (Wildman–Crippen MR) is 95.1 cm³/mol. The van der Waals surface area contributed by atoms with Crippen LogP contribution in [0.2, 0.25) is 0 Å². The first-order valence-electron chi connectivity index (χ1n) is 8.30. The van der Waals surface area contributed by atoms with Gasteiger partial charge in [0, 0.05) is 31.7 Å². The number of carbonyl (C=O) groups excluding carboxylic acids is 1. The zero-order valence-corrected chi connectivity index (χ0v) is 14.7. The monoisotopic (exact) mass is 359 g/mol. The molecule has 1 aromatic carbocycles. The molecule has 0 saturated carbocycles. The van der Waals surface area contributed by atoms with E-state index in [-0.39, 0.29) is 24.8 Å². The molecule has 1 aromatic heterocycles. The fourth-order valence-electron chi connectivity index (χ4n) is 2.95. The minimum Gasteiger partial charge on any atom is -0.292 e. The molecular weight excluding hydrogens is 338 g/mol. The third-order valence-corrected chi connectivity index (χ3v) is 5.83. The van der Waals surface area contributed by atoms with E-state index in [9.17, 15) is 13.2 Å². The second-order valence-corrected chi connectivity index (χ2v) is 7.84. The summed E-state index contributed by atoms with van der Waals surface area (Å²) in [5.41, 5.74) is 1.29. The fraction of sp³-hybridized carbons (Fsp3) is 0.333. The number of ketones is 1. The summed E-state index contributed by atoms with van der Waals surface area (Å²) in [6, 6.07) is 14.5. The van der Waals surface area contributed by atoms with E-state index in [4.69, 9.17) is 0 Å². The van der Waals surface area contributed by atoms with Crippen molar-refractivity contribution in [2.45, 2.75) is 19.4 Å². The van der Waals surface area contributed by atoms with E-state index in [2.05, 4.69) is 9.71 Å². The summed E-state index contributed by atoms with van der Waals surface area (Å²) in [4.78, 5) is 16.6. The Labute approximate surface area is 148 Å². The molecule has 1 saturated heterocycles. The molecule has 0 unspecified atom stereocenters. The number of nitrogens with zero attached hydrogens (tertiary/aromatic N) is 2. The summed E-state index contributed by atoms with van der Waals surface area (Å²) in [6.07, 6.45) is 2.92. The Morgan fingerprint density at radius 2 is 1.92 bits per heavy atom. The Hall–Kier alpha value is -2.09. The van der Waals surface area contributed by atoms with Crippen LogP contribution in [0.25, 0.3) is 0 Å². The number of carbonyl (C=O) groups is 1. The third kappa shape index (κ3) is 4.50. The van der Waals surface area contributed by atoms with E-state index < -0.39 is 10.2 Å². The van der Waals surface area contributed by atoms with Crippen LogP contribution in [0.1, 0.15) is 28.9 Å². The zero-order valence-electron chi connectivity index (χ0n) is 13.8. The Morgan fingerprint density at radius 1 is 1.16 bits per heavy atom. The molecule has 7 heteroatoms. The van der Waals surface area contributed by atoms with Gasteiger partial charge in [-0.05, 0) is 30.5 Å². The highest BCUT2D eigenvalue weighted by Crippen LogP contribution is 2.22. The van der Waals surface area contributed by atoms with Crippen LogP contribution in [-0.2, 0) is 16.8 Å². The lowest BCUT2D eigenvalue weighted by atomic mass is 9.93. The molecule has 1 aliphatic heterocycles. The number of hydrogen-bond donors (Lipinski definition) is 1. The van der Waals surface area contributed by atoms with Crippen LogP contribution >= 0.6 is 0 Å². The van der Waals surface area contributed by atoms with Gasteiger partial charge in [-0.2, -0.15) is 17.4 Å². The van der Waals surface area contributed by atoms with Crippen LogP contribution in [0.3, 0.4) is 0 Å². The molecule has 1 N–H and O–H groups in total. The van der Waals surface area contributed by atoms with Gasteiger partial charge in [-0.15, -0.1) is 0 Å². The summed E-state index contributed by atoms with van der Waals surface area (Å²) >= 11 is 0. The van der Waals surface area contributed by atoms with Crippen LogP contribution in [0.4, 0.5) is 0 Å². The molecule has 0 amide bonds. The summed E-state index contributed by atoms with van der Waals surface area (Å²) in [6.45, 7) is 0.855. The van der Waals surface area contributed by atoms with Gasteiger partial charge >= 0.3 is 0 Å². The van der Waals surface area contributed by atoms with Gasteiger partial charge in [-0.3, -0.25) is 9.78 Å². The Bertz CT molecular complexity index is 810. The van der Waals surface area contributed by atoms with Crippen LogP contribution in [-0.4, -0.2) is 36.6 Å². The molecule has 0 radical (unpaired) electrons. The highest BCUT2D eigenvalue weighted by Gasteiger charge is 2.32. The summed E-state index contributed by atoms with van der Waals surface area (Å²) < 4.78 is 29.1. The number of hydrogen-bond acceptors (Lipinski definition) is 4. The Morgan fingerprint density at radius 3 is 2.64 bits per heavy atom. The van der Waals surface area contributed by atoms with Crippen molar-refractivity contribution >= 4 is 16.0 Å². The average molecular weight is 359 g/mol. The maximum absolute atomic E-state index is 12.6. The first kappa shape index (κ1) is 17.7. The summed E-state index contributed by atoms with van der Waals surface area (Å²) in [7, 11) is -3.62. The largest absolute Gasteiger partial charge is 0.292 e.